The quantitative estimate of drug-likeness (QED) is 0.673. The lowest BCUT2D eigenvalue weighted by Crippen LogP contribution is -2.16. The Morgan fingerprint density at radius 1 is 0.963 bits per heavy atom. The number of amides is 2. The first-order valence-corrected chi connectivity index (χ1v) is 8.55. The van der Waals surface area contributed by atoms with E-state index in [1.807, 2.05) is 30.3 Å². The molecule has 2 amide bonds. The number of carbonyl (C=O) groups is 2. The van der Waals surface area contributed by atoms with E-state index in [0.29, 0.717) is 0 Å². The van der Waals surface area contributed by atoms with Crippen molar-refractivity contribution in [1.29, 1.82) is 0 Å². The average molecular weight is 390 g/mol. The van der Waals surface area contributed by atoms with Gasteiger partial charge in [0.25, 0.3) is 11.8 Å². The van der Waals surface area contributed by atoms with Crippen LogP contribution in [0.15, 0.2) is 60.7 Å². The van der Waals surface area contributed by atoms with Crippen LogP contribution >= 0.6 is 11.3 Å². The number of carbonyl (C=O) groups excluding carboxylic acids is 2. The van der Waals surface area contributed by atoms with Gasteiger partial charge in [-0.3, -0.25) is 9.59 Å². The van der Waals surface area contributed by atoms with Crippen LogP contribution < -0.4 is 11.1 Å². The molecule has 0 saturated heterocycles. The van der Waals surface area contributed by atoms with Gasteiger partial charge in [-0.15, -0.1) is 11.3 Å². The SMILES string of the molecule is NC(=O)c1cc(-c2ccccc2)sc1NC(=O)c1ccc(C(F)(F)F)cc1. The fourth-order valence-corrected chi connectivity index (χ4v) is 3.46. The van der Waals surface area contributed by atoms with Gasteiger partial charge < -0.3 is 11.1 Å². The van der Waals surface area contributed by atoms with Crippen LogP contribution in [0, 0.1) is 0 Å². The molecule has 1 aromatic heterocycles. The predicted octanol–water partition coefficient (Wildman–Crippen LogP) is 4.79. The molecule has 4 nitrogen and oxygen atoms in total. The fourth-order valence-electron chi connectivity index (χ4n) is 2.40. The smallest absolute Gasteiger partial charge is 0.366 e. The van der Waals surface area contributed by atoms with E-state index in [4.69, 9.17) is 5.73 Å². The number of hydrogen-bond acceptors (Lipinski definition) is 3. The van der Waals surface area contributed by atoms with Crippen LogP contribution in [0.5, 0.6) is 0 Å². The molecule has 3 N–H and O–H groups in total. The second kappa shape index (κ2) is 7.24. The number of thiophene rings is 1. The van der Waals surface area contributed by atoms with Crippen LogP contribution in [0.1, 0.15) is 26.3 Å². The molecule has 0 bridgehead atoms. The lowest BCUT2D eigenvalue weighted by atomic mass is 10.1. The molecule has 8 heteroatoms. The summed E-state index contributed by atoms with van der Waals surface area (Å²) in [4.78, 5) is 24.8. The summed E-state index contributed by atoms with van der Waals surface area (Å²) in [6, 6.07) is 14.6. The Balaban J connectivity index is 1.87. The number of anilines is 1. The Morgan fingerprint density at radius 3 is 2.15 bits per heavy atom. The maximum Gasteiger partial charge on any atom is 0.416 e. The van der Waals surface area contributed by atoms with Crippen molar-refractivity contribution >= 4 is 28.2 Å². The highest BCUT2D eigenvalue weighted by Gasteiger charge is 2.30. The van der Waals surface area contributed by atoms with Gasteiger partial charge in [-0.2, -0.15) is 13.2 Å². The Morgan fingerprint density at radius 2 is 1.59 bits per heavy atom. The number of hydrogen-bond donors (Lipinski definition) is 2. The van der Waals surface area contributed by atoms with Gasteiger partial charge in [0.05, 0.1) is 11.1 Å². The number of rotatable bonds is 4. The minimum absolute atomic E-state index is 0.0353. The number of benzene rings is 2. The average Bonchev–Trinajstić information content (AvgIpc) is 3.06. The number of alkyl halides is 3. The van der Waals surface area contributed by atoms with Gasteiger partial charge in [-0.25, -0.2) is 0 Å². The summed E-state index contributed by atoms with van der Waals surface area (Å²) in [5.41, 5.74) is 5.55. The second-order valence-corrected chi connectivity index (χ2v) is 6.67. The van der Waals surface area contributed by atoms with E-state index in [1.165, 1.54) is 0 Å². The molecule has 27 heavy (non-hydrogen) atoms. The van der Waals surface area contributed by atoms with Crippen LogP contribution in [0.2, 0.25) is 0 Å². The molecule has 0 saturated carbocycles. The molecule has 3 rings (SSSR count). The van der Waals surface area contributed by atoms with Gasteiger partial charge in [0.1, 0.15) is 5.00 Å². The van der Waals surface area contributed by atoms with Crippen molar-refractivity contribution in [3.05, 3.63) is 77.4 Å². The summed E-state index contributed by atoms with van der Waals surface area (Å²) in [6.45, 7) is 0. The molecule has 0 radical (unpaired) electrons. The van der Waals surface area contributed by atoms with Crippen molar-refractivity contribution in [3.63, 3.8) is 0 Å². The molecular formula is C19H13F3N2O2S. The molecule has 138 valence electrons. The molecule has 0 spiro atoms. The van der Waals surface area contributed by atoms with Crippen LogP contribution in [0.4, 0.5) is 18.2 Å². The summed E-state index contributed by atoms with van der Waals surface area (Å²) in [6.07, 6.45) is -4.48. The van der Waals surface area contributed by atoms with Gasteiger partial charge in [-0.1, -0.05) is 30.3 Å². The monoisotopic (exact) mass is 390 g/mol. The molecule has 2 aromatic carbocycles. The maximum absolute atomic E-state index is 12.6. The van der Waals surface area contributed by atoms with Crippen molar-refractivity contribution in [3.8, 4) is 10.4 Å². The molecule has 0 aliphatic heterocycles. The molecular weight excluding hydrogens is 377 g/mol. The van der Waals surface area contributed by atoms with Gasteiger partial charge in [0.15, 0.2) is 0 Å². The van der Waals surface area contributed by atoms with Gasteiger partial charge in [0.2, 0.25) is 0 Å². The first kappa shape index (κ1) is 18.7. The molecule has 0 atom stereocenters. The molecule has 0 aliphatic carbocycles. The van der Waals surface area contributed by atoms with Gasteiger partial charge in [0, 0.05) is 10.4 Å². The van der Waals surface area contributed by atoms with E-state index in [0.717, 1.165) is 46.0 Å². The first-order chi connectivity index (χ1) is 12.8. The summed E-state index contributed by atoms with van der Waals surface area (Å²) in [7, 11) is 0. The third-order valence-electron chi connectivity index (χ3n) is 3.76. The number of nitrogens with one attached hydrogen (secondary N) is 1. The lowest BCUT2D eigenvalue weighted by Gasteiger charge is -2.08. The van der Waals surface area contributed by atoms with E-state index in [9.17, 15) is 22.8 Å². The zero-order valence-corrected chi connectivity index (χ0v) is 14.5. The van der Waals surface area contributed by atoms with Crippen LogP contribution in [0.25, 0.3) is 10.4 Å². The fraction of sp³-hybridized carbons (Fsp3) is 0.0526. The van der Waals surface area contributed by atoms with E-state index < -0.39 is 23.6 Å². The number of halogens is 3. The van der Waals surface area contributed by atoms with Crippen molar-refractivity contribution in [2.24, 2.45) is 5.73 Å². The maximum atomic E-state index is 12.6. The highest BCUT2D eigenvalue weighted by molar-refractivity contribution is 7.20. The van der Waals surface area contributed by atoms with Crippen molar-refractivity contribution in [1.82, 2.24) is 0 Å². The Kier molecular flexibility index (Phi) is 5.00. The van der Waals surface area contributed by atoms with E-state index in [-0.39, 0.29) is 16.1 Å². The summed E-state index contributed by atoms with van der Waals surface area (Å²) in [5, 5.41) is 2.80. The molecule has 1 heterocycles. The van der Waals surface area contributed by atoms with Gasteiger partial charge in [-0.05, 0) is 35.9 Å². The predicted molar refractivity (Wildman–Crippen MR) is 97.7 cm³/mol. The molecule has 0 unspecified atom stereocenters. The molecule has 3 aromatic rings. The first-order valence-electron chi connectivity index (χ1n) is 7.73. The van der Waals surface area contributed by atoms with E-state index in [1.54, 1.807) is 6.07 Å². The zero-order valence-electron chi connectivity index (χ0n) is 13.7. The summed E-state index contributed by atoms with van der Waals surface area (Å²) in [5.74, 6) is -1.34. The van der Waals surface area contributed by atoms with Crippen molar-refractivity contribution in [2.45, 2.75) is 6.18 Å². The standard InChI is InChI=1S/C19H13F3N2O2S/c20-19(21,22)13-8-6-12(7-9-13)17(26)24-18-14(16(23)25)10-15(27-18)11-4-2-1-3-5-11/h1-10H,(H2,23,25)(H,24,26). The summed E-state index contributed by atoms with van der Waals surface area (Å²) < 4.78 is 37.9. The lowest BCUT2D eigenvalue weighted by molar-refractivity contribution is -0.137. The largest absolute Gasteiger partial charge is 0.416 e. The third-order valence-corrected chi connectivity index (χ3v) is 4.86. The van der Waals surface area contributed by atoms with Crippen LogP contribution in [-0.2, 0) is 6.18 Å². The van der Waals surface area contributed by atoms with Crippen molar-refractivity contribution in [2.75, 3.05) is 5.32 Å². The highest BCUT2D eigenvalue weighted by Crippen LogP contribution is 2.35. The topological polar surface area (TPSA) is 72.2 Å². The summed E-state index contributed by atoms with van der Waals surface area (Å²) >= 11 is 1.16. The van der Waals surface area contributed by atoms with E-state index >= 15 is 0 Å². The van der Waals surface area contributed by atoms with Gasteiger partial charge >= 0.3 is 6.18 Å². The Bertz CT molecular complexity index is 980. The Hall–Kier alpha value is -3.13. The highest BCUT2D eigenvalue weighted by atomic mass is 32.1. The van der Waals surface area contributed by atoms with Crippen LogP contribution in [0.3, 0.4) is 0 Å². The van der Waals surface area contributed by atoms with Crippen LogP contribution in [-0.4, -0.2) is 11.8 Å². The molecule has 0 aliphatic rings. The number of nitrogens with two attached hydrogens (primary N) is 1. The zero-order chi connectivity index (χ0) is 19.6. The number of primary amides is 1. The molecule has 0 fully saturated rings. The van der Waals surface area contributed by atoms with E-state index in [2.05, 4.69) is 5.32 Å². The van der Waals surface area contributed by atoms with Crippen molar-refractivity contribution < 1.29 is 22.8 Å². The Labute approximate surface area is 156 Å². The minimum atomic E-state index is -4.48. The second-order valence-electron chi connectivity index (χ2n) is 5.61. The minimum Gasteiger partial charge on any atom is -0.366 e. The normalized spacial score (nSPS) is 11.2. The third kappa shape index (κ3) is 4.17.